The molecule has 23 heavy (non-hydrogen) atoms. The number of aromatic nitrogens is 2. The molecule has 1 aromatic carbocycles. The number of hydrogen-bond acceptors (Lipinski definition) is 5. The number of nitrogens with one attached hydrogen (secondary N) is 2. The fourth-order valence-corrected chi connectivity index (χ4v) is 2.22. The molecule has 2 N–H and O–H groups in total. The first kappa shape index (κ1) is 17.2. The van der Waals surface area contributed by atoms with Crippen LogP contribution in [0, 0.1) is 0 Å². The maximum atomic E-state index is 5.08. The van der Waals surface area contributed by atoms with E-state index in [1.54, 1.807) is 7.11 Å². The fourth-order valence-electron chi connectivity index (χ4n) is 2.22. The molecule has 0 unspecified atom stereocenters. The van der Waals surface area contributed by atoms with Gasteiger partial charge in [-0.25, -0.2) is 9.97 Å². The van der Waals surface area contributed by atoms with Crippen molar-refractivity contribution in [3.05, 3.63) is 36.4 Å². The average Bonchev–Trinajstić information content (AvgIpc) is 2.60. The maximum absolute atomic E-state index is 5.08. The van der Waals surface area contributed by atoms with E-state index in [9.17, 15) is 0 Å². The van der Waals surface area contributed by atoms with Crippen molar-refractivity contribution in [1.29, 1.82) is 0 Å². The van der Waals surface area contributed by atoms with Crippen molar-refractivity contribution in [2.75, 3.05) is 37.4 Å². The molecule has 0 radical (unpaired) electrons. The molecule has 0 fully saturated rings. The molecule has 1 heterocycles. The Labute approximate surface area is 138 Å². The predicted molar refractivity (Wildman–Crippen MR) is 95.8 cm³/mol. The first-order valence-electron chi connectivity index (χ1n) is 8.24. The molecular weight excluding hydrogens is 288 g/mol. The number of anilines is 2. The van der Waals surface area contributed by atoms with Crippen LogP contribution in [0.15, 0.2) is 36.4 Å². The number of nitrogens with zero attached hydrogens (tertiary/aromatic N) is 2. The summed E-state index contributed by atoms with van der Waals surface area (Å²) in [6.07, 6.45) is 3.58. The molecule has 124 valence electrons. The van der Waals surface area contributed by atoms with Crippen LogP contribution in [0.2, 0.25) is 0 Å². The number of ether oxygens (including phenoxy) is 1. The highest BCUT2D eigenvalue weighted by Gasteiger charge is 2.06. The van der Waals surface area contributed by atoms with Crippen molar-refractivity contribution in [2.45, 2.75) is 26.2 Å². The Bertz CT molecular complexity index is 574. The zero-order valence-corrected chi connectivity index (χ0v) is 14.0. The second-order valence-corrected chi connectivity index (χ2v) is 5.38. The van der Waals surface area contributed by atoms with E-state index in [-0.39, 0.29) is 0 Å². The lowest BCUT2D eigenvalue weighted by molar-refractivity contribution is 0.210. The molecule has 0 amide bonds. The van der Waals surface area contributed by atoms with Crippen LogP contribution in [0.1, 0.15) is 26.2 Å². The maximum Gasteiger partial charge on any atom is 0.163 e. The van der Waals surface area contributed by atoms with Crippen LogP contribution < -0.4 is 10.6 Å². The summed E-state index contributed by atoms with van der Waals surface area (Å²) in [7, 11) is 1.69. The smallest absolute Gasteiger partial charge is 0.163 e. The third kappa shape index (κ3) is 5.87. The van der Waals surface area contributed by atoms with Crippen molar-refractivity contribution in [2.24, 2.45) is 0 Å². The molecule has 5 nitrogen and oxygen atoms in total. The van der Waals surface area contributed by atoms with E-state index in [1.165, 1.54) is 12.8 Å². The van der Waals surface area contributed by atoms with Crippen LogP contribution in [0.5, 0.6) is 0 Å². The average molecular weight is 314 g/mol. The number of unbranched alkanes of at least 4 members (excludes halogenated alkanes) is 2. The molecule has 2 rings (SSSR count). The van der Waals surface area contributed by atoms with Gasteiger partial charge < -0.3 is 15.4 Å². The van der Waals surface area contributed by atoms with E-state index in [2.05, 4.69) is 27.5 Å². The Morgan fingerprint density at radius 2 is 1.65 bits per heavy atom. The van der Waals surface area contributed by atoms with E-state index in [0.29, 0.717) is 6.61 Å². The van der Waals surface area contributed by atoms with Gasteiger partial charge in [0.1, 0.15) is 11.6 Å². The minimum atomic E-state index is 0.643. The summed E-state index contributed by atoms with van der Waals surface area (Å²) in [4.78, 5) is 9.24. The fraction of sp³-hybridized carbons (Fsp3) is 0.444. The van der Waals surface area contributed by atoms with Crippen molar-refractivity contribution in [1.82, 2.24) is 9.97 Å². The lowest BCUT2D eigenvalue weighted by Crippen LogP contribution is -2.11. The molecule has 0 aliphatic heterocycles. The van der Waals surface area contributed by atoms with Gasteiger partial charge in [-0.2, -0.15) is 0 Å². The summed E-state index contributed by atoms with van der Waals surface area (Å²) in [6, 6.07) is 12.0. The Balaban J connectivity index is 2.14. The van der Waals surface area contributed by atoms with Crippen LogP contribution in [-0.4, -0.2) is 36.8 Å². The zero-order valence-electron chi connectivity index (χ0n) is 14.0. The second kappa shape index (κ2) is 9.79. The highest BCUT2D eigenvalue weighted by molar-refractivity contribution is 5.61. The molecule has 0 atom stereocenters. The predicted octanol–water partition coefficient (Wildman–Crippen LogP) is 3.80. The van der Waals surface area contributed by atoms with Crippen molar-refractivity contribution in [3.63, 3.8) is 0 Å². The van der Waals surface area contributed by atoms with Gasteiger partial charge in [-0.3, -0.25) is 0 Å². The number of benzene rings is 1. The molecule has 2 aromatic rings. The van der Waals surface area contributed by atoms with E-state index < -0.39 is 0 Å². The number of hydrogen-bond donors (Lipinski definition) is 2. The van der Waals surface area contributed by atoms with Crippen LogP contribution >= 0.6 is 0 Å². The molecule has 0 aliphatic carbocycles. The van der Waals surface area contributed by atoms with Gasteiger partial charge >= 0.3 is 0 Å². The van der Waals surface area contributed by atoms with Gasteiger partial charge in [0.05, 0.1) is 6.61 Å². The Morgan fingerprint density at radius 1 is 0.957 bits per heavy atom. The van der Waals surface area contributed by atoms with Crippen molar-refractivity contribution < 1.29 is 4.74 Å². The highest BCUT2D eigenvalue weighted by Crippen LogP contribution is 2.20. The van der Waals surface area contributed by atoms with Gasteiger partial charge in [0.2, 0.25) is 0 Å². The summed E-state index contributed by atoms with van der Waals surface area (Å²) in [5.41, 5.74) is 1.01. The molecule has 0 spiro atoms. The quantitative estimate of drug-likeness (QED) is 0.653. The van der Waals surface area contributed by atoms with E-state index in [4.69, 9.17) is 4.74 Å². The standard InChI is InChI=1S/C18H26N4O/c1-3-4-8-11-19-16-14-17(20-12-13-23-2)22-18(21-16)15-9-6-5-7-10-15/h5-7,9-10,14H,3-4,8,11-13H2,1-2H3,(H2,19,20,21,22). The molecular formula is C18H26N4O. The number of rotatable bonds is 10. The van der Waals surface area contributed by atoms with Crippen molar-refractivity contribution in [3.8, 4) is 11.4 Å². The Kier molecular flexibility index (Phi) is 7.33. The summed E-state index contributed by atoms with van der Waals surface area (Å²) in [5.74, 6) is 2.40. The van der Waals surface area contributed by atoms with Crippen LogP contribution in [0.25, 0.3) is 11.4 Å². The highest BCUT2D eigenvalue weighted by atomic mass is 16.5. The summed E-state index contributed by atoms with van der Waals surface area (Å²) in [5, 5.41) is 6.68. The van der Waals surface area contributed by atoms with Gasteiger partial charge in [0, 0.05) is 31.8 Å². The van der Waals surface area contributed by atoms with E-state index in [0.717, 1.165) is 42.5 Å². The third-order valence-electron chi connectivity index (χ3n) is 3.46. The topological polar surface area (TPSA) is 59.1 Å². The third-order valence-corrected chi connectivity index (χ3v) is 3.46. The van der Waals surface area contributed by atoms with Crippen molar-refractivity contribution >= 4 is 11.6 Å². The summed E-state index contributed by atoms with van der Waals surface area (Å²) >= 11 is 0. The van der Waals surface area contributed by atoms with E-state index in [1.807, 2.05) is 36.4 Å². The largest absolute Gasteiger partial charge is 0.383 e. The monoisotopic (exact) mass is 314 g/mol. The minimum Gasteiger partial charge on any atom is -0.383 e. The SMILES string of the molecule is CCCCCNc1cc(NCCOC)nc(-c2ccccc2)n1. The summed E-state index contributed by atoms with van der Waals surface area (Å²) in [6.45, 7) is 4.49. The van der Waals surface area contributed by atoms with Gasteiger partial charge in [-0.1, -0.05) is 50.1 Å². The molecule has 0 saturated heterocycles. The molecule has 0 bridgehead atoms. The van der Waals surface area contributed by atoms with Crippen LogP contribution in [-0.2, 0) is 4.74 Å². The Hall–Kier alpha value is -2.14. The van der Waals surface area contributed by atoms with E-state index >= 15 is 0 Å². The molecule has 5 heteroatoms. The lowest BCUT2D eigenvalue weighted by Gasteiger charge is -2.11. The molecule has 0 saturated carbocycles. The van der Waals surface area contributed by atoms with Gasteiger partial charge in [-0.05, 0) is 6.42 Å². The van der Waals surface area contributed by atoms with Gasteiger partial charge in [-0.15, -0.1) is 0 Å². The normalized spacial score (nSPS) is 10.5. The van der Waals surface area contributed by atoms with Gasteiger partial charge in [0.15, 0.2) is 5.82 Å². The summed E-state index contributed by atoms with van der Waals surface area (Å²) < 4.78 is 5.08. The zero-order chi connectivity index (χ0) is 16.3. The molecule has 1 aromatic heterocycles. The first-order valence-corrected chi connectivity index (χ1v) is 8.24. The molecule has 0 aliphatic rings. The second-order valence-electron chi connectivity index (χ2n) is 5.38. The number of methoxy groups -OCH3 is 1. The first-order chi connectivity index (χ1) is 11.3. The van der Waals surface area contributed by atoms with Crippen LogP contribution in [0.4, 0.5) is 11.6 Å². The lowest BCUT2D eigenvalue weighted by atomic mass is 10.2. The Morgan fingerprint density at radius 3 is 2.30 bits per heavy atom. The van der Waals surface area contributed by atoms with Crippen LogP contribution in [0.3, 0.4) is 0 Å². The minimum absolute atomic E-state index is 0.643. The van der Waals surface area contributed by atoms with Gasteiger partial charge in [0.25, 0.3) is 0 Å².